The molecule has 6 nitrogen and oxygen atoms in total. The summed E-state index contributed by atoms with van der Waals surface area (Å²) in [6.45, 7) is 5.53. The van der Waals surface area contributed by atoms with Crippen molar-refractivity contribution in [2.24, 2.45) is 13.0 Å². The van der Waals surface area contributed by atoms with Crippen molar-refractivity contribution >= 4 is 15.9 Å². The lowest BCUT2D eigenvalue weighted by atomic mass is 10.0. The van der Waals surface area contributed by atoms with Gasteiger partial charge in [-0.05, 0) is 50.2 Å². The molecule has 2 aromatic rings. The van der Waals surface area contributed by atoms with E-state index in [0.29, 0.717) is 36.9 Å². The Balaban J connectivity index is 1.65. The molecular weight excluding hydrogens is 386 g/mol. The third kappa shape index (κ3) is 4.90. The van der Waals surface area contributed by atoms with Crippen molar-refractivity contribution in [3.63, 3.8) is 0 Å². The molecular formula is C22H31N3O3S. The fourth-order valence-electron chi connectivity index (χ4n) is 3.74. The second kappa shape index (κ2) is 9.13. The minimum Gasteiger partial charge on any atom is -0.351 e. The van der Waals surface area contributed by atoms with E-state index >= 15 is 0 Å². The minimum atomic E-state index is -3.58. The van der Waals surface area contributed by atoms with Crippen LogP contribution in [0.4, 0.5) is 0 Å². The third-order valence-electron chi connectivity index (χ3n) is 5.85. The Bertz CT molecular complexity index is 943. The van der Waals surface area contributed by atoms with Crippen LogP contribution in [0.1, 0.15) is 47.9 Å². The van der Waals surface area contributed by atoms with Gasteiger partial charge in [0.1, 0.15) is 10.6 Å². The van der Waals surface area contributed by atoms with E-state index < -0.39 is 10.0 Å². The molecule has 0 saturated carbocycles. The van der Waals surface area contributed by atoms with Crippen LogP contribution < -0.4 is 5.32 Å². The van der Waals surface area contributed by atoms with Crippen LogP contribution in [-0.2, 0) is 23.5 Å². The van der Waals surface area contributed by atoms with Gasteiger partial charge in [0.25, 0.3) is 5.91 Å². The summed E-state index contributed by atoms with van der Waals surface area (Å²) >= 11 is 0. The number of amides is 1. The van der Waals surface area contributed by atoms with Gasteiger partial charge in [-0.1, -0.05) is 37.3 Å². The van der Waals surface area contributed by atoms with E-state index in [1.165, 1.54) is 11.6 Å². The maximum atomic E-state index is 13.1. The lowest BCUT2D eigenvalue weighted by molar-refractivity contribution is 0.0945. The predicted octanol–water partition coefficient (Wildman–Crippen LogP) is 3.12. The number of hydrogen-bond acceptors (Lipinski definition) is 3. The lowest BCUT2D eigenvalue weighted by Gasteiger charge is -2.29. The summed E-state index contributed by atoms with van der Waals surface area (Å²) < 4.78 is 29.4. The lowest BCUT2D eigenvalue weighted by Crippen LogP contribution is -2.38. The molecule has 29 heavy (non-hydrogen) atoms. The van der Waals surface area contributed by atoms with Crippen LogP contribution in [0.15, 0.2) is 41.3 Å². The fourth-order valence-corrected chi connectivity index (χ4v) is 5.48. The van der Waals surface area contributed by atoms with Crippen LogP contribution in [0.3, 0.4) is 0 Å². The zero-order valence-corrected chi connectivity index (χ0v) is 18.3. The van der Waals surface area contributed by atoms with Gasteiger partial charge in [0.2, 0.25) is 10.0 Å². The van der Waals surface area contributed by atoms with Crippen molar-refractivity contribution in [1.82, 2.24) is 14.2 Å². The number of aryl methyl sites for hydroxylation is 1. The largest absolute Gasteiger partial charge is 0.351 e. The molecule has 2 heterocycles. The maximum Gasteiger partial charge on any atom is 0.267 e. The predicted molar refractivity (Wildman–Crippen MR) is 114 cm³/mol. The first-order chi connectivity index (χ1) is 13.8. The summed E-state index contributed by atoms with van der Waals surface area (Å²) in [5.74, 6) is 0.313. The van der Waals surface area contributed by atoms with Crippen LogP contribution in [0.2, 0.25) is 0 Å². The number of aromatic nitrogens is 1. The highest BCUT2D eigenvalue weighted by atomic mass is 32.2. The summed E-state index contributed by atoms with van der Waals surface area (Å²) in [6, 6.07) is 11.7. The van der Waals surface area contributed by atoms with E-state index in [1.54, 1.807) is 22.8 Å². The second-order valence-electron chi connectivity index (χ2n) is 7.97. The highest BCUT2D eigenvalue weighted by Gasteiger charge is 2.32. The molecule has 1 fully saturated rings. The molecule has 0 unspecified atom stereocenters. The zero-order valence-electron chi connectivity index (χ0n) is 17.5. The number of benzene rings is 1. The number of nitrogens with one attached hydrogen (secondary N) is 1. The Hall–Kier alpha value is -2.12. The zero-order chi connectivity index (χ0) is 21.0. The Morgan fingerprint density at radius 1 is 1.17 bits per heavy atom. The van der Waals surface area contributed by atoms with Gasteiger partial charge in [-0.25, -0.2) is 8.42 Å². The average Bonchev–Trinajstić information content (AvgIpc) is 3.02. The van der Waals surface area contributed by atoms with Crippen molar-refractivity contribution in [3.05, 3.63) is 53.3 Å². The summed E-state index contributed by atoms with van der Waals surface area (Å²) in [5, 5.41) is 2.92. The van der Waals surface area contributed by atoms with Crippen LogP contribution >= 0.6 is 0 Å². The molecule has 1 aliphatic heterocycles. The molecule has 0 atom stereocenters. The maximum absolute atomic E-state index is 13.1. The quantitative estimate of drug-likeness (QED) is 0.704. The molecule has 0 radical (unpaired) electrons. The molecule has 1 aliphatic rings. The minimum absolute atomic E-state index is 0.239. The fraction of sp³-hybridized carbons (Fsp3) is 0.500. The van der Waals surface area contributed by atoms with Crippen LogP contribution in [0.5, 0.6) is 0 Å². The molecule has 0 bridgehead atoms. The second-order valence-corrected chi connectivity index (χ2v) is 9.88. The highest BCUT2D eigenvalue weighted by Crippen LogP contribution is 2.27. The first kappa shape index (κ1) is 21.6. The van der Waals surface area contributed by atoms with Crippen LogP contribution in [0.25, 0.3) is 0 Å². The van der Waals surface area contributed by atoms with Crippen LogP contribution in [-0.4, -0.2) is 42.8 Å². The Labute approximate surface area is 174 Å². The SMILES string of the molecule is Cc1c(S(=O)(=O)N2CCC(C)CC2)cc(C(=O)NCCCc2ccccc2)n1C. The van der Waals surface area contributed by atoms with E-state index in [2.05, 4.69) is 24.4 Å². The van der Waals surface area contributed by atoms with Gasteiger partial charge in [-0.15, -0.1) is 0 Å². The Kier molecular flexibility index (Phi) is 6.80. The molecule has 7 heteroatoms. The normalized spacial score (nSPS) is 16.1. The average molecular weight is 418 g/mol. The molecule has 0 spiro atoms. The van der Waals surface area contributed by atoms with E-state index in [0.717, 1.165) is 25.7 Å². The van der Waals surface area contributed by atoms with Gasteiger partial charge >= 0.3 is 0 Å². The van der Waals surface area contributed by atoms with Gasteiger partial charge in [0.15, 0.2) is 0 Å². The molecule has 1 saturated heterocycles. The van der Waals surface area contributed by atoms with E-state index in [4.69, 9.17) is 0 Å². The summed E-state index contributed by atoms with van der Waals surface area (Å²) in [4.78, 5) is 12.9. The molecule has 1 N–H and O–H groups in total. The van der Waals surface area contributed by atoms with E-state index in [-0.39, 0.29) is 10.8 Å². The number of rotatable bonds is 7. The Morgan fingerprint density at radius 3 is 2.48 bits per heavy atom. The number of carbonyl (C=O) groups is 1. The van der Waals surface area contributed by atoms with Crippen molar-refractivity contribution < 1.29 is 13.2 Å². The number of piperidine rings is 1. The topological polar surface area (TPSA) is 71.4 Å². The monoisotopic (exact) mass is 417 g/mol. The number of carbonyl (C=O) groups excluding carboxylic acids is 1. The molecule has 1 aromatic carbocycles. The number of nitrogens with zero attached hydrogens (tertiary/aromatic N) is 2. The summed E-state index contributed by atoms with van der Waals surface area (Å²) in [5.41, 5.74) is 2.21. The molecule has 0 aliphatic carbocycles. The molecule has 1 aromatic heterocycles. The number of sulfonamides is 1. The molecule has 158 valence electrons. The number of hydrogen-bond donors (Lipinski definition) is 1. The van der Waals surface area contributed by atoms with E-state index in [1.807, 2.05) is 18.2 Å². The first-order valence-corrected chi connectivity index (χ1v) is 11.7. The molecule has 1 amide bonds. The van der Waals surface area contributed by atoms with Gasteiger partial charge in [0.05, 0.1) is 0 Å². The summed E-state index contributed by atoms with van der Waals surface area (Å²) in [6.07, 6.45) is 3.47. The Morgan fingerprint density at radius 2 is 1.83 bits per heavy atom. The molecule has 3 rings (SSSR count). The highest BCUT2D eigenvalue weighted by molar-refractivity contribution is 7.89. The van der Waals surface area contributed by atoms with Gasteiger partial charge in [-0.2, -0.15) is 4.31 Å². The van der Waals surface area contributed by atoms with Crippen LogP contribution in [0, 0.1) is 12.8 Å². The van der Waals surface area contributed by atoms with Gasteiger partial charge in [-0.3, -0.25) is 4.79 Å². The van der Waals surface area contributed by atoms with E-state index in [9.17, 15) is 13.2 Å². The first-order valence-electron chi connectivity index (χ1n) is 10.3. The van der Waals surface area contributed by atoms with Crippen molar-refractivity contribution in [3.8, 4) is 0 Å². The standard InChI is InChI=1S/C22H31N3O3S/c1-17-11-14-25(15-12-17)29(27,28)21-16-20(24(3)18(21)2)22(26)23-13-7-10-19-8-5-4-6-9-19/h4-6,8-9,16-17H,7,10-15H2,1-3H3,(H,23,26). The van der Waals surface area contributed by atoms with Gasteiger partial charge in [0, 0.05) is 32.4 Å². The van der Waals surface area contributed by atoms with Crippen molar-refractivity contribution in [2.45, 2.75) is 44.4 Å². The third-order valence-corrected chi connectivity index (χ3v) is 7.87. The van der Waals surface area contributed by atoms with Gasteiger partial charge < -0.3 is 9.88 Å². The smallest absolute Gasteiger partial charge is 0.267 e. The van der Waals surface area contributed by atoms with Crippen molar-refractivity contribution in [2.75, 3.05) is 19.6 Å². The summed E-state index contributed by atoms with van der Waals surface area (Å²) in [7, 11) is -1.84. The van der Waals surface area contributed by atoms with Crippen molar-refractivity contribution in [1.29, 1.82) is 0 Å².